The number of aromatic nitrogens is 3. The number of rotatable bonds is 7. The Balaban J connectivity index is 1.31. The van der Waals surface area contributed by atoms with E-state index < -0.39 is 24.2 Å². The van der Waals surface area contributed by atoms with Crippen LogP contribution in [-0.2, 0) is 11.3 Å². The number of nitrogens with zero attached hydrogens (tertiary/aromatic N) is 5. The maximum Gasteiger partial charge on any atom is 0.410 e. The average molecular weight is 617 g/mol. The number of amides is 1. The number of hydrogen-bond donors (Lipinski definition) is 2. The van der Waals surface area contributed by atoms with E-state index in [0.717, 1.165) is 54.6 Å². The highest BCUT2D eigenvalue weighted by atomic mass is 19.4. The molecule has 1 atom stereocenters. The monoisotopic (exact) mass is 616 g/mol. The Morgan fingerprint density at radius 1 is 1.07 bits per heavy atom. The van der Waals surface area contributed by atoms with E-state index in [-0.39, 0.29) is 24.2 Å². The number of alkyl halides is 3. The molecule has 240 valence electrons. The zero-order chi connectivity index (χ0) is 31.6. The summed E-state index contributed by atoms with van der Waals surface area (Å²) in [5.41, 5.74) is 3.27. The van der Waals surface area contributed by atoms with Gasteiger partial charge in [-0.1, -0.05) is 24.3 Å². The molecule has 0 radical (unpaired) electrons. The van der Waals surface area contributed by atoms with Crippen LogP contribution in [0, 0.1) is 0 Å². The highest BCUT2D eigenvalue weighted by Crippen LogP contribution is 2.37. The summed E-state index contributed by atoms with van der Waals surface area (Å²) in [6, 6.07) is 7.62. The summed E-state index contributed by atoms with van der Waals surface area (Å²) in [5, 5.41) is 13.7. The predicted octanol–water partition coefficient (Wildman–Crippen LogP) is 6.38. The summed E-state index contributed by atoms with van der Waals surface area (Å²) in [6.07, 6.45) is 0.882. The second-order valence-electron chi connectivity index (χ2n) is 13.1. The molecule has 0 unspecified atom stereocenters. The van der Waals surface area contributed by atoms with Crippen LogP contribution in [0.5, 0.6) is 0 Å². The van der Waals surface area contributed by atoms with Crippen molar-refractivity contribution >= 4 is 23.1 Å². The fourth-order valence-electron chi connectivity index (χ4n) is 6.03. The molecule has 5 rings (SSSR count). The van der Waals surface area contributed by atoms with Crippen molar-refractivity contribution in [1.29, 1.82) is 0 Å². The molecule has 1 amide bonds. The first-order valence-corrected chi connectivity index (χ1v) is 15.4. The van der Waals surface area contributed by atoms with E-state index in [1.165, 1.54) is 6.92 Å². The van der Waals surface area contributed by atoms with Gasteiger partial charge in [-0.05, 0) is 64.5 Å². The number of hydrogen-bond acceptors (Lipinski definition) is 7. The zero-order valence-electron chi connectivity index (χ0n) is 25.9. The number of benzene rings is 1. The number of carbonyl (C=O) groups excluding carboxylic acids is 1. The summed E-state index contributed by atoms with van der Waals surface area (Å²) in [4.78, 5) is 25.5. The minimum atomic E-state index is -4.28. The van der Waals surface area contributed by atoms with Gasteiger partial charge in [0.25, 0.3) is 0 Å². The molecule has 1 aliphatic heterocycles. The van der Waals surface area contributed by atoms with Crippen molar-refractivity contribution in [2.45, 2.75) is 96.3 Å². The second-order valence-corrected chi connectivity index (χ2v) is 13.1. The van der Waals surface area contributed by atoms with E-state index in [4.69, 9.17) is 4.74 Å². The van der Waals surface area contributed by atoms with E-state index in [9.17, 15) is 23.1 Å². The third kappa shape index (κ3) is 8.20. The van der Waals surface area contributed by atoms with Crippen LogP contribution in [0.15, 0.2) is 36.7 Å². The zero-order valence-corrected chi connectivity index (χ0v) is 25.9. The van der Waals surface area contributed by atoms with Crippen LogP contribution in [0.2, 0.25) is 0 Å². The predicted molar refractivity (Wildman–Crippen MR) is 163 cm³/mol. The third-order valence-corrected chi connectivity index (χ3v) is 8.24. The van der Waals surface area contributed by atoms with Gasteiger partial charge in [0.05, 0.1) is 12.5 Å². The van der Waals surface area contributed by atoms with Gasteiger partial charge < -0.3 is 24.6 Å². The summed E-state index contributed by atoms with van der Waals surface area (Å²) < 4.78 is 46.4. The molecule has 0 spiro atoms. The molecular formula is C32H43F3N6O3. The van der Waals surface area contributed by atoms with Gasteiger partial charge in [-0.15, -0.1) is 0 Å². The van der Waals surface area contributed by atoms with Crippen molar-refractivity contribution in [1.82, 2.24) is 24.3 Å². The number of nitrogens with one attached hydrogen (secondary N) is 1. The van der Waals surface area contributed by atoms with Crippen molar-refractivity contribution < 1.29 is 27.8 Å². The lowest BCUT2D eigenvalue weighted by molar-refractivity contribution is -0.136. The molecule has 2 aromatic heterocycles. The molecule has 1 saturated carbocycles. The van der Waals surface area contributed by atoms with Gasteiger partial charge in [0, 0.05) is 68.2 Å². The molecule has 1 aromatic carbocycles. The maximum atomic E-state index is 12.9. The Morgan fingerprint density at radius 2 is 1.73 bits per heavy atom. The number of anilines is 1. The lowest BCUT2D eigenvalue weighted by Crippen LogP contribution is -2.49. The van der Waals surface area contributed by atoms with Gasteiger partial charge in [-0.25, -0.2) is 9.78 Å². The summed E-state index contributed by atoms with van der Waals surface area (Å²) >= 11 is 0. The number of aliphatic hydroxyl groups is 1. The van der Waals surface area contributed by atoms with Crippen LogP contribution in [0.3, 0.4) is 0 Å². The number of fused-ring (bicyclic) bond motifs is 1. The van der Waals surface area contributed by atoms with E-state index in [1.54, 1.807) is 11.1 Å². The van der Waals surface area contributed by atoms with Crippen molar-refractivity contribution in [2.24, 2.45) is 0 Å². The molecule has 3 heterocycles. The van der Waals surface area contributed by atoms with Crippen LogP contribution >= 0.6 is 0 Å². The SMILES string of the molecule is C[C@H](CC(F)(F)F)Nc1ncc2c(-c3ccc(CN4CCN(C(=O)OC(C)(C)C)CC4)cc3)cn([C@H]3CC[C@H](O)CC3)c2n1. The standard InChI is InChI=1S/C32H43F3N6O3/c1-21(17-32(33,34)35)37-29-36-18-26-27(20-41(28(26)38-29)24-9-11-25(42)12-10-24)23-7-5-22(6-8-23)19-39-13-15-40(16-14-39)30(43)44-31(2,3)4/h5-8,18,20-21,24-25,42H,9-17,19H2,1-4H3,(H,36,37,38)/t21-,24-,25-/m1/s1. The van der Waals surface area contributed by atoms with E-state index >= 15 is 0 Å². The van der Waals surface area contributed by atoms with Crippen molar-refractivity contribution in [3.05, 3.63) is 42.2 Å². The van der Waals surface area contributed by atoms with Gasteiger partial charge in [-0.3, -0.25) is 4.90 Å². The van der Waals surface area contributed by atoms with Gasteiger partial charge in [-0.2, -0.15) is 18.2 Å². The van der Waals surface area contributed by atoms with Gasteiger partial charge >= 0.3 is 12.3 Å². The van der Waals surface area contributed by atoms with Crippen LogP contribution in [0.4, 0.5) is 23.9 Å². The summed E-state index contributed by atoms with van der Waals surface area (Å²) in [7, 11) is 0. The first-order chi connectivity index (χ1) is 20.7. The quantitative estimate of drug-likeness (QED) is 0.318. The van der Waals surface area contributed by atoms with Crippen LogP contribution in [0.1, 0.15) is 71.4 Å². The Kier molecular flexibility index (Phi) is 9.41. The van der Waals surface area contributed by atoms with Crippen LogP contribution < -0.4 is 5.32 Å². The normalized spacial score (nSPS) is 21.0. The molecule has 2 aliphatic rings. The maximum absolute atomic E-state index is 12.9. The van der Waals surface area contributed by atoms with Crippen molar-refractivity contribution in [3.63, 3.8) is 0 Å². The summed E-state index contributed by atoms with van der Waals surface area (Å²) in [6.45, 7) is 10.6. The topological polar surface area (TPSA) is 95.8 Å². The molecule has 12 heteroatoms. The Morgan fingerprint density at radius 3 is 2.34 bits per heavy atom. The molecule has 2 N–H and O–H groups in total. The summed E-state index contributed by atoms with van der Waals surface area (Å²) in [5.74, 6) is 0.165. The van der Waals surface area contributed by atoms with Crippen molar-refractivity contribution in [3.8, 4) is 11.1 Å². The second kappa shape index (κ2) is 12.9. The van der Waals surface area contributed by atoms with Crippen LogP contribution in [-0.4, -0.2) is 85.6 Å². The highest BCUT2D eigenvalue weighted by Gasteiger charge is 2.31. The fraction of sp³-hybridized carbons (Fsp3) is 0.594. The minimum Gasteiger partial charge on any atom is -0.444 e. The molecule has 2 fully saturated rings. The number of ether oxygens (including phenoxy) is 1. The fourth-order valence-corrected chi connectivity index (χ4v) is 6.03. The number of carbonyl (C=O) groups is 1. The molecule has 1 aliphatic carbocycles. The first-order valence-electron chi connectivity index (χ1n) is 15.4. The molecule has 44 heavy (non-hydrogen) atoms. The van der Waals surface area contributed by atoms with Crippen molar-refractivity contribution in [2.75, 3.05) is 31.5 Å². The molecular weight excluding hydrogens is 573 g/mol. The largest absolute Gasteiger partial charge is 0.444 e. The molecule has 1 saturated heterocycles. The van der Waals surface area contributed by atoms with Gasteiger partial charge in [0.1, 0.15) is 11.2 Å². The van der Waals surface area contributed by atoms with Crippen LogP contribution in [0.25, 0.3) is 22.2 Å². The highest BCUT2D eigenvalue weighted by molar-refractivity contribution is 5.94. The average Bonchev–Trinajstić information content (AvgIpc) is 3.31. The van der Waals surface area contributed by atoms with E-state index in [0.29, 0.717) is 31.6 Å². The smallest absolute Gasteiger partial charge is 0.410 e. The Bertz CT molecular complexity index is 1420. The molecule has 9 nitrogen and oxygen atoms in total. The number of halogens is 3. The van der Waals surface area contributed by atoms with E-state index in [2.05, 4.69) is 55.2 Å². The lowest BCUT2D eigenvalue weighted by atomic mass is 9.93. The molecule has 0 bridgehead atoms. The van der Waals surface area contributed by atoms with Gasteiger partial charge in [0.15, 0.2) is 0 Å². The number of aliphatic hydroxyl groups excluding tert-OH is 1. The molecule has 3 aromatic rings. The Labute approximate surface area is 256 Å². The lowest BCUT2D eigenvalue weighted by Gasteiger charge is -2.35. The van der Waals surface area contributed by atoms with Gasteiger partial charge in [0.2, 0.25) is 5.95 Å². The minimum absolute atomic E-state index is 0.128. The Hall–Kier alpha value is -3.38. The third-order valence-electron chi connectivity index (χ3n) is 8.24. The first kappa shape index (κ1) is 32.0. The van der Waals surface area contributed by atoms with E-state index in [1.807, 2.05) is 20.8 Å². The number of piperazine rings is 1.